The zero-order chi connectivity index (χ0) is 13.8. The van der Waals surface area contributed by atoms with Crippen LogP contribution in [0, 0.1) is 0 Å². The van der Waals surface area contributed by atoms with Gasteiger partial charge in [0.25, 0.3) is 5.91 Å². The Morgan fingerprint density at radius 2 is 1.85 bits per heavy atom. The van der Waals surface area contributed by atoms with Crippen LogP contribution in [-0.2, 0) is 0 Å². The monoisotopic (exact) mass is 274 g/mol. The molecule has 2 aromatic carbocycles. The highest BCUT2D eigenvalue weighted by molar-refractivity contribution is 6.06. The maximum atomic E-state index is 12.0. The quantitative estimate of drug-likeness (QED) is 0.593. The Kier molecular flexibility index (Phi) is 4.97. The van der Waals surface area contributed by atoms with Crippen LogP contribution in [0.25, 0.3) is 0 Å². The molecule has 0 aliphatic rings. The van der Waals surface area contributed by atoms with E-state index >= 15 is 0 Å². The molecule has 5 nitrogen and oxygen atoms in total. The Labute approximate surface area is 118 Å². The third-order valence-electron chi connectivity index (χ3n) is 2.67. The molecule has 2 aromatic rings. The van der Waals surface area contributed by atoms with Crippen molar-refractivity contribution in [2.75, 3.05) is 18.2 Å². The predicted octanol–water partition coefficient (Wildman–Crippen LogP) is 2.87. The highest BCUT2D eigenvalue weighted by atomic mass is 16.5. The van der Waals surface area contributed by atoms with Gasteiger partial charge in [-0.25, -0.2) is 0 Å². The standard InChI is InChI=1S/C14H14N2O3.CH4/c1-19-10-7-5-9(6-8-10)14(18)16-13-11(15)3-2-4-12(13)17;/h2-8,17H,15H2,1H3,(H,16,18);1H4. The van der Waals surface area contributed by atoms with Crippen molar-refractivity contribution in [1.82, 2.24) is 0 Å². The van der Waals surface area contributed by atoms with Gasteiger partial charge in [0.15, 0.2) is 0 Å². The maximum absolute atomic E-state index is 12.0. The molecule has 20 heavy (non-hydrogen) atoms. The minimum absolute atomic E-state index is 0. The zero-order valence-corrected chi connectivity index (χ0v) is 10.4. The number of rotatable bonds is 3. The van der Waals surface area contributed by atoms with Crippen LogP contribution in [-0.4, -0.2) is 18.1 Å². The molecule has 0 aliphatic heterocycles. The van der Waals surface area contributed by atoms with Crippen molar-refractivity contribution in [2.45, 2.75) is 7.43 Å². The number of anilines is 2. The van der Waals surface area contributed by atoms with E-state index < -0.39 is 0 Å². The summed E-state index contributed by atoms with van der Waals surface area (Å²) in [6.45, 7) is 0. The van der Waals surface area contributed by atoms with Gasteiger partial charge in [0.1, 0.15) is 17.2 Å². The second-order valence-corrected chi connectivity index (χ2v) is 3.92. The zero-order valence-electron chi connectivity index (χ0n) is 10.4. The fourth-order valence-electron chi connectivity index (χ4n) is 1.62. The van der Waals surface area contributed by atoms with Gasteiger partial charge in [-0.3, -0.25) is 4.79 Å². The number of methoxy groups -OCH3 is 1. The third kappa shape index (κ3) is 3.20. The fourth-order valence-corrected chi connectivity index (χ4v) is 1.62. The van der Waals surface area contributed by atoms with E-state index in [1.807, 2.05) is 0 Å². The van der Waals surface area contributed by atoms with Gasteiger partial charge in [-0.05, 0) is 36.4 Å². The van der Waals surface area contributed by atoms with Gasteiger partial charge in [0.2, 0.25) is 0 Å². The molecule has 4 N–H and O–H groups in total. The SMILES string of the molecule is C.COc1ccc(C(=O)Nc2c(N)cccc2O)cc1. The van der Waals surface area contributed by atoms with Crippen LogP contribution in [0.3, 0.4) is 0 Å². The summed E-state index contributed by atoms with van der Waals surface area (Å²) in [5, 5.41) is 12.2. The fraction of sp³-hybridized carbons (Fsp3) is 0.133. The number of phenols is 1. The van der Waals surface area contributed by atoms with Crippen molar-refractivity contribution in [2.24, 2.45) is 0 Å². The molecule has 0 saturated heterocycles. The van der Waals surface area contributed by atoms with Crippen molar-refractivity contribution in [3.05, 3.63) is 48.0 Å². The number of nitrogen functional groups attached to an aromatic ring is 1. The molecule has 0 spiro atoms. The Morgan fingerprint density at radius 1 is 1.20 bits per heavy atom. The summed E-state index contributed by atoms with van der Waals surface area (Å²) in [6, 6.07) is 11.3. The average Bonchev–Trinajstić information content (AvgIpc) is 2.43. The normalized spacial score (nSPS) is 9.45. The highest BCUT2D eigenvalue weighted by Gasteiger charge is 2.11. The number of nitrogens with two attached hydrogens (primary N) is 1. The molecule has 0 radical (unpaired) electrons. The summed E-state index contributed by atoms with van der Waals surface area (Å²) in [5.41, 5.74) is 6.67. The maximum Gasteiger partial charge on any atom is 0.255 e. The summed E-state index contributed by atoms with van der Waals surface area (Å²) in [7, 11) is 1.55. The number of hydrogen-bond donors (Lipinski definition) is 3. The highest BCUT2D eigenvalue weighted by Crippen LogP contribution is 2.29. The number of hydrogen-bond acceptors (Lipinski definition) is 4. The molecule has 0 aromatic heterocycles. The summed E-state index contributed by atoms with van der Waals surface area (Å²) in [6.07, 6.45) is 0. The largest absolute Gasteiger partial charge is 0.506 e. The second-order valence-electron chi connectivity index (χ2n) is 3.92. The molecular weight excluding hydrogens is 256 g/mol. The van der Waals surface area contributed by atoms with Gasteiger partial charge in [0.05, 0.1) is 12.8 Å². The summed E-state index contributed by atoms with van der Waals surface area (Å²) in [4.78, 5) is 12.0. The van der Waals surface area contributed by atoms with Crippen molar-refractivity contribution >= 4 is 17.3 Å². The van der Waals surface area contributed by atoms with Crippen molar-refractivity contribution in [3.8, 4) is 11.5 Å². The third-order valence-corrected chi connectivity index (χ3v) is 2.67. The number of phenolic OH excluding ortho intramolecular Hbond substituents is 1. The number of aromatic hydroxyl groups is 1. The smallest absolute Gasteiger partial charge is 0.255 e. The van der Waals surface area contributed by atoms with Crippen LogP contribution < -0.4 is 15.8 Å². The van der Waals surface area contributed by atoms with Crippen LogP contribution in [0.1, 0.15) is 17.8 Å². The molecule has 0 heterocycles. The first-order chi connectivity index (χ1) is 9.11. The van der Waals surface area contributed by atoms with E-state index in [9.17, 15) is 9.90 Å². The molecule has 0 atom stereocenters. The number of carbonyl (C=O) groups excluding carboxylic acids is 1. The Morgan fingerprint density at radius 3 is 2.40 bits per heavy atom. The molecule has 5 heteroatoms. The molecule has 0 bridgehead atoms. The predicted molar refractivity (Wildman–Crippen MR) is 80.2 cm³/mol. The minimum Gasteiger partial charge on any atom is -0.506 e. The first-order valence-electron chi connectivity index (χ1n) is 5.64. The van der Waals surface area contributed by atoms with Crippen LogP contribution in [0.4, 0.5) is 11.4 Å². The Bertz CT molecular complexity index is 574. The number of benzene rings is 2. The summed E-state index contributed by atoms with van der Waals surface area (Å²) in [5.74, 6) is 0.247. The van der Waals surface area contributed by atoms with Gasteiger partial charge >= 0.3 is 0 Å². The van der Waals surface area contributed by atoms with Gasteiger partial charge < -0.3 is 20.9 Å². The van der Waals surface area contributed by atoms with Gasteiger partial charge in [-0.1, -0.05) is 13.5 Å². The van der Waals surface area contributed by atoms with E-state index in [4.69, 9.17) is 10.5 Å². The number of nitrogens with one attached hydrogen (secondary N) is 1. The summed E-state index contributed by atoms with van der Waals surface area (Å²) >= 11 is 0. The van der Waals surface area contributed by atoms with E-state index in [2.05, 4.69) is 5.32 Å². The number of amides is 1. The topological polar surface area (TPSA) is 84.6 Å². The lowest BCUT2D eigenvalue weighted by molar-refractivity contribution is 0.102. The minimum atomic E-state index is -0.351. The lowest BCUT2D eigenvalue weighted by Crippen LogP contribution is -2.13. The molecule has 106 valence electrons. The first-order valence-corrected chi connectivity index (χ1v) is 5.64. The first kappa shape index (κ1) is 15.4. The average molecular weight is 274 g/mol. The van der Waals surface area contributed by atoms with E-state index in [-0.39, 0.29) is 24.8 Å². The molecule has 2 rings (SSSR count). The van der Waals surface area contributed by atoms with E-state index in [0.717, 1.165) is 0 Å². The van der Waals surface area contributed by atoms with E-state index in [1.54, 1.807) is 43.5 Å². The summed E-state index contributed by atoms with van der Waals surface area (Å²) < 4.78 is 5.01. The van der Waals surface area contributed by atoms with Crippen LogP contribution >= 0.6 is 0 Å². The van der Waals surface area contributed by atoms with E-state index in [0.29, 0.717) is 17.0 Å². The van der Waals surface area contributed by atoms with Crippen molar-refractivity contribution < 1.29 is 14.6 Å². The molecule has 0 fully saturated rings. The number of ether oxygens (including phenoxy) is 1. The second kappa shape index (κ2) is 6.47. The van der Waals surface area contributed by atoms with Crippen molar-refractivity contribution in [3.63, 3.8) is 0 Å². The van der Waals surface area contributed by atoms with Crippen molar-refractivity contribution in [1.29, 1.82) is 0 Å². The lowest BCUT2D eigenvalue weighted by Gasteiger charge is -2.10. The lowest BCUT2D eigenvalue weighted by atomic mass is 10.2. The molecule has 1 amide bonds. The molecular formula is C15H18N2O3. The molecule has 0 aliphatic carbocycles. The number of carbonyl (C=O) groups is 1. The molecule has 0 saturated carbocycles. The van der Waals surface area contributed by atoms with Crippen LogP contribution in [0.15, 0.2) is 42.5 Å². The van der Waals surface area contributed by atoms with Gasteiger partial charge in [-0.15, -0.1) is 0 Å². The number of para-hydroxylation sites is 1. The van der Waals surface area contributed by atoms with E-state index in [1.165, 1.54) is 6.07 Å². The van der Waals surface area contributed by atoms with Crippen LogP contribution in [0.5, 0.6) is 11.5 Å². The Balaban J connectivity index is 0.00000200. The Hall–Kier alpha value is -2.69. The molecule has 0 unspecified atom stereocenters. The van der Waals surface area contributed by atoms with Crippen LogP contribution in [0.2, 0.25) is 0 Å². The van der Waals surface area contributed by atoms with Gasteiger partial charge in [-0.2, -0.15) is 0 Å². The van der Waals surface area contributed by atoms with Gasteiger partial charge in [0, 0.05) is 5.56 Å².